The number of hydrogen-bond donors (Lipinski definition) is 1. The number of imidazole rings is 1. The molecule has 1 amide bonds. The summed E-state index contributed by atoms with van der Waals surface area (Å²) in [5.74, 6) is 0.963. The molecule has 4 aromatic rings. The number of carbonyl (C=O) groups is 1. The van der Waals surface area contributed by atoms with E-state index in [1.54, 1.807) is 30.5 Å². The van der Waals surface area contributed by atoms with E-state index in [1.165, 1.54) is 11.8 Å². The van der Waals surface area contributed by atoms with Crippen LogP contribution in [0.5, 0.6) is 0 Å². The number of halogens is 1. The fourth-order valence-electron chi connectivity index (χ4n) is 2.88. The van der Waals surface area contributed by atoms with Gasteiger partial charge in [0, 0.05) is 10.7 Å². The van der Waals surface area contributed by atoms with Crippen LogP contribution in [0.4, 0.5) is 5.69 Å². The Hall–Kier alpha value is -2.96. The van der Waals surface area contributed by atoms with E-state index in [4.69, 9.17) is 16.0 Å². The highest BCUT2D eigenvalue weighted by molar-refractivity contribution is 7.99. The SMILES string of the molecule is O=C(CSc1ncc(-c2ccccc2)n1Cc1ccco1)Nc1ccc(Cl)cc1. The highest BCUT2D eigenvalue weighted by Crippen LogP contribution is 2.27. The van der Waals surface area contributed by atoms with E-state index in [2.05, 4.69) is 14.9 Å². The molecule has 0 aliphatic carbocycles. The van der Waals surface area contributed by atoms with Crippen molar-refractivity contribution in [2.45, 2.75) is 11.7 Å². The second-order valence-corrected chi connectivity index (χ2v) is 7.68. The van der Waals surface area contributed by atoms with E-state index in [1.807, 2.05) is 48.7 Å². The number of nitrogens with zero attached hydrogens (tertiary/aromatic N) is 2. The van der Waals surface area contributed by atoms with Crippen LogP contribution in [0, 0.1) is 0 Å². The van der Waals surface area contributed by atoms with Gasteiger partial charge in [0.1, 0.15) is 5.76 Å². The molecule has 1 N–H and O–H groups in total. The van der Waals surface area contributed by atoms with Crippen LogP contribution in [0.3, 0.4) is 0 Å². The van der Waals surface area contributed by atoms with Gasteiger partial charge in [0.25, 0.3) is 0 Å². The van der Waals surface area contributed by atoms with Crippen LogP contribution in [-0.4, -0.2) is 21.2 Å². The van der Waals surface area contributed by atoms with Gasteiger partial charge in [0.2, 0.25) is 5.91 Å². The first-order valence-electron chi connectivity index (χ1n) is 9.00. The van der Waals surface area contributed by atoms with Crippen molar-refractivity contribution in [2.24, 2.45) is 0 Å². The molecule has 0 spiro atoms. The van der Waals surface area contributed by atoms with Crippen LogP contribution in [0.15, 0.2) is 88.8 Å². The summed E-state index contributed by atoms with van der Waals surface area (Å²) in [6.45, 7) is 0.540. The molecule has 0 fully saturated rings. The van der Waals surface area contributed by atoms with Gasteiger partial charge in [-0.2, -0.15) is 0 Å². The molecule has 5 nitrogen and oxygen atoms in total. The van der Waals surface area contributed by atoms with Crippen molar-refractivity contribution in [1.82, 2.24) is 9.55 Å². The summed E-state index contributed by atoms with van der Waals surface area (Å²) >= 11 is 7.27. The smallest absolute Gasteiger partial charge is 0.234 e. The van der Waals surface area contributed by atoms with Gasteiger partial charge < -0.3 is 14.3 Å². The van der Waals surface area contributed by atoms with E-state index in [0.717, 1.165) is 22.2 Å². The maximum atomic E-state index is 12.4. The minimum atomic E-state index is -0.105. The number of anilines is 1. The molecule has 0 saturated carbocycles. The van der Waals surface area contributed by atoms with Gasteiger partial charge in [-0.1, -0.05) is 53.7 Å². The molecular formula is C22H18ClN3O2S. The number of nitrogens with one attached hydrogen (secondary N) is 1. The highest BCUT2D eigenvalue weighted by atomic mass is 35.5. The second-order valence-electron chi connectivity index (χ2n) is 6.30. The molecule has 2 heterocycles. The minimum Gasteiger partial charge on any atom is -0.467 e. The van der Waals surface area contributed by atoms with Gasteiger partial charge in [0.15, 0.2) is 5.16 Å². The second kappa shape index (κ2) is 9.03. The fourth-order valence-corrected chi connectivity index (χ4v) is 3.79. The number of carbonyl (C=O) groups excluding carboxylic acids is 1. The predicted molar refractivity (Wildman–Crippen MR) is 116 cm³/mol. The molecule has 0 unspecified atom stereocenters. The van der Waals surface area contributed by atoms with E-state index in [-0.39, 0.29) is 11.7 Å². The molecule has 0 atom stereocenters. The van der Waals surface area contributed by atoms with Gasteiger partial charge in [-0.15, -0.1) is 0 Å². The van der Waals surface area contributed by atoms with Gasteiger partial charge in [-0.3, -0.25) is 4.79 Å². The number of aromatic nitrogens is 2. The Morgan fingerprint density at radius 2 is 1.86 bits per heavy atom. The van der Waals surface area contributed by atoms with Crippen LogP contribution >= 0.6 is 23.4 Å². The summed E-state index contributed by atoms with van der Waals surface area (Å²) < 4.78 is 7.58. The van der Waals surface area contributed by atoms with Crippen LogP contribution in [0.2, 0.25) is 5.02 Å². The lowest BCUT2D eigenvalue weighted by atomic mass is 10.2. The van der Waals surface area contributed by atoms with E-state index < -0.39 is 0 Å². The zero-order valence-corrected chi connectivity index (χ0v) is 17.0. The van der Waals surface area contributed by atoms with Gasteiger partial charge in [-0.25, -0.2) is 4.98 Å². The number of amides is 1. The summed E-state index contributed by atoms with van der Waals surface area (Å²) in [5.41, 5.74) is 2.75. The number of benzene rings is 2. The summed E-state index contributed by atoms with van der Waals surface area (Å²) in [6.07, 6.45) is 3.48. The molecule has 0 aliphatic rings. The van der Waals surface area contributed by atoms with E-state index in [0.29, 0.717) is 17.3 Å². The molecule has 146 valence electrons. The first kappa shape index (κ1) is 19.4. The van der Waals surface area contributed by atoms with Crippen molar-refractivity contribution in [1.29, 1.82) is 0 Å². The highest BCUT2D eigenvalue weighted by Gasteiger charge is 2.15. The van der Waals surface area contributed by atoms with Gasteiger partial charge in [-0.05, 0) is 42.0 Å². The molecule has 4 rings (SSSR count). The van der Waals surface area contributed by atoms with Crippen LogP contribution in [-0.2, 0) is 11.3 Å². The van der Waals surface area contributed by atoms with Crippen molar-refractivity contribution in [3.63, 3.8) is 0 Å². The average molecular weight is 424 g/mol. The molecule has 0 radical (unpaired) electrons. The molecule has 0 aliphatic heterocycles. The Morgan fingerprint density at radius 1 is 1.07 bits per heavy atom. The van der Waals surface area contributed by atoms with Crippen LogP contribution in [0.1, 0.15) is 5.76 Å². The summed E-state index contributed by atoms with van der Waals surface area (Å²) in [4.78, 5) is 16.9. The van der Waals surface area contributed by atoms with Gasteiger partial charge >= 0.3 is 0 Å². The number of rotatable bonds is 7. The third-order valence-electron chi connectivity index (χ3n) is 4.24. The third kappa shape index (κ3) is 4.91. The Labute approximate surface area is 177 Å². The topological polar surface area (TPSA) is 60.1 Å². The van der Waals surface area contributed by atoms with Crippen molar-refractivity contribution in [2.75, 3.05) is 11.1 Å². The monoisotopic (exact) mass is 423 g/mol. The summed E-state index contributed by atoms with van der Waals surface area (Å²) in [7, 11) is 0. The Bertz CT molecular complexity index is 1080. The lowest BCUT2D eigenvalue weighted by Gasteiger charge is -2.11. The normalized spacial score (nSPS) is 10.8. The minimum absolute atomic E-state index is 0.105. The lowest BCUT2D eigenvalue weighted by molar-refractivity contribution is -0.113. The summed E-state index contributed by atoms with van der Waals surface area (Å²) in [6, 6.07) is 20.9. The average Bonchev–Trinajstić information content (AvgIpc) is 3.39. The Morgan fingerprint density at radius 3 is 2.59 bits per heavy atom. The van der Waals surface area contributed by atoms with Gasteiger partial charge in [0.05, 0.1) is 30.5 Å². The number of thioether (sulfide) groups is 1. The fraction of sp³-hybridized carbons (Fsp3) is 0.0909. The van der Waals surface area contributed by atoms with Crippen molar-refractivity contribution >= 4 is 35.0 Å². The largest absolute Gasteiger partial charge is 0.467 e. The zero-order valence-electron chi connectivity index (χ0n) is 15.4. The maximum absolute atomic E-state index is 12.4. The van der Waals surface area contributed by atoms with E-state index >= 15 is 0 Å². The molecule has 29 heavy (non-hydrogen) atoms. The summed E-state index contributed by atoms with van der Waals surface area (Å²) in [5, 5.41) is 4.26. The molecule has 2 aromatic heterocycles. The van der Waals surface area contributed by atoms with Crippen LogP contribution in [0.25, 0.3) is 11.3 Å². The maximum Gasteiger partial charge on any atom is 0.234 e. The molecule has 0 saturated heterocycles. The quantitative estimate of drug-likeness (QED) is 0.394. The predicted octanol–water partition coefficient (Wildman–Crippen LogP) is 5.58. The first-order valence-corrected chi connectivity index (χ1v) is 10.4. The van der Waals surface area contributed by atoms with Crippen molar-refractivity contribution in [3.8, 4) is 11.3 Å². The standard InChI is InChI=1S/C22H18ClN3O2S/c23-17-8-10-18(11-9-17)25-21(27)15-29-22-24-13-20(16-5-2-1-3-6-16)26(22)14-19-7-4-12-28-19/h1-13H,14-15H2,(H,25,27). The first-order chi connectivity index (χ1) is 14.2. The number of furan rings is 1. The molecular weight excluding hydrogens is 406 g/mol. The molecule has 0 bridgehead atoms. The third-order valence-corrected chi connectivity index (χ3v) is 5.49. The lowest BCUT2D eigenvalue weighted by Crippen LogP contribution is -2.14. The van der Waals surface area contributed by atoms with E-state index in [9.17, 15) is 4.79 Å². The Balaban J connectivity index is 1.51. The number of hydrogen-bond acceptors (Lipinski definition) is 4. The molecule has 2 aromatic carbocycles. The molecule has 7 heteroatoms. The Kier molecular flexibility index (Phi) is 6.03. The van der Waals surface area contributed by atoms with Crippen molar-refractivity contribution in [3.05, 3.63) is 90.0 Å². The zero-order chi connectivity index (χ0) is 20.1. The van der Waals surface area contributed by atoms with Crippen LogP contribution < -0.4 is 5.32 Å². The van der Waals surface area contributed by atoms with Crippen molar-refractivity contribution < 1.29 is 9.21 Å².